The maximum absolute atomic E-state index is 10.8. The SMILES string of the molecule is C#CCC(=O)N[C@@H](CC(=O)O)C(=O)O. The third kappa shape index (κ3) is 4.77. The van der Waals surface area contributed by atoms with Crippen LogP contribution in [0.2, 0.25) is 0 Å². The number of carboxylic acids is 2. The van der Waals surface area contributed by atoms with Gasteiger partial charge in [0.25, 0.3) is 0 Å². The van der Waals surface area contributed by atoms with Gasteiger partial charge in [0.15, 0.2) is 0 Å². The van der Waals surface area contributed by atoms with E-state index in [2.05, 4.69) is 0 Å². The van der Waals surface area contributed by atoms with Crippen LogP contribution in [-0.4, -0.2) is 34.1 Å². The molecule has 0 rings (SSSR count). The molecule has 0 unspecified atom stereocenters. The first-order valence-corrected chi connectivity index (χ1v) is 3.64. The molecular formula is C8H9NO5. The monoisotopic (exact) mass is 199 g/mol. The van der Waals surface area contributed by atoms with Crippen molar-refractivity contribution in [3.05, 3.63) is 0 Å². The van der Waals surface area contributed by atoms with Gasteiger partial charge < -0.3 is 15.5 Å². The van der Waals surface area contributed by atoms with Crippen LogP contribution in [0.25, 0.3) is 0 Å². The number of hydrogen-bond acceptors (Lipinski definition) is 3. The molecule has 6 heteroatoms. The molecule has 0 aliphatic heterocycles. The number of hydrogen-bond donors (Lipinski definition) is 3. The van der Waals surface area contributed by atoms with Crippen molar-refractivity contribution >= 4 is 17.8 Å². The van der Waals surface area contributed by atoms with E-state index in [4.69, 9.17) is 16.6 Å². The Kier molecular flexibility index (Phi) is 4.78. The van der Waals surface area contributed by atoms with Crippen LogP contribution in [0.3, 0.4) is 0 Å². The van der Waals surface area contributed by atoms with Gasteiger partial charge in [0.05, 0.1) is 12.8 Å². The number of carboxylic acid groups (broad SMARTS) is 2. The zero-order valence-corrected chi connectivity index (χ0v) is 7.19. The minimum absolute atomic E-state index is 0.274. The van der Waals surface area contributed by atoms with E-state index >= 15 is 0 Å². The summed E-state index contributed by atoms with van der Waals surface area (Å²) >= 11 is 0. The largest absolute Gasteiger partial charge is 0.481 e. The van der Waals surface area contributed by atoms with Crippen LogP contribution < -0.4 is 5.32 Å². The maximum Gasteiger partial charge on any atom is 0.326 e. The fraction of sp³-hybridized carbons (Fsp3) is 0.375. The Hall–Kier alpha value is -2.03. The Morgan fingerprint density at radius 2 is 1.93 bits per heavy atom. The summed E-state index contributed by atoms with van der Waals surface area (Å²) in [5, 5.41) is 18.8. The highest BCUT2D eigenvalue weighted by Crippen LogP contribution is 1.93. The number of rotatable bonds is 5. The van der Waals surface area contributed by atoms with E-state index in [0.29, 0.717) is 0 Å². The van der Waals surface area contributed by atoms with Gasteiger partial charge in [-0.3, -0.25) is 9.59 Å². The van der Waals surface area contributed by atoms with E-state index in [1.807, 2.05) is 11.2 Å². The summed E-state index contributed by atoms with van der Waals surface area (Å²) in [6.45, 7) is 0. The van der Waals surface area contributed by atoms with E-state index in [-0.39, 0.29) is 6.42 Å². The molecule has 0 fully saturated rings. The van der Waals surface area contributed by atoms with Crippen LogP contribution in [0, 0.1) is 12.3 Å². The Balaban J connectivity index is 4.24. The van der Waals surface area contributed by atoms with Crippen molar-refractivity contribution in [2.75, 3.05) is 0 Å². The molecule has 0 heterocycles. The smallest absolute Gasteiger partial charge is 0.326 e. The van der Waals surface area contributed by atoms with Gasteiger partial charge >= 0.3 is 11.9 Å². The third-order valence-electron chi connectivity index (χ3n) is 1.27. The summed E-state index contributed by atoms with van der Waals surface area (Å²) in [6.07, 6.45) is 3.86. The van der Waals surface area contributed by atoms with E-state index in [1.54, 1.807) is 0 Å². The van der Waals surface area contributed by atoms with Crippen molar-refractivity contribution in [1.82, 2.24) is 5.32 Å². The van der Waals surface area contributed by atoms with E-state index < -0.39 is 30.3 Å². The lowest BCUT2D eigenvalue weighted by molar-refractivity contribution is -0.147. The van der Waals surface area contributed by atoms with Crippen LogP contribution in [0.15, 0.2) is 0 Å². The molecule has 0 aliphatic carbocycles. The molecule has 0 aliphatic rings. The van der Waals surface area contributed by atoms with Gasteiger partial charge in [0, 0.05) is 0 Å². The van der Waals surface area contributed by atoms with Crippen LogP contribution in [0.1, 0.15) is 12.8 Å². The minimum atomic E-state index is -1.44. The molecule has 0 spiro atoms. The Morgan fingerprint density at radius 3 is 2.29 bits per heavy atom. The number of amides is 1. The number of terminal acetylenes is 1. The third-order valence-corrected chi connectivity index (χ3v) is 1.27. The highest BCUT2D eigenvalue weighted by atomic mass is 16.4. The van der Waals surface area contributed by atoms with Gasteiger partial charge in [-0.1, -0.05) is 5.92 Å². The Morgan fingerprint density at radius 1 is 1.36 bits per heavy atom. The first-order chi connectivity index (χ1) is 6.47. The highest BCUT2D eigenvalue weighted by Gasteiger charge is 2.22. The van der Waals surface area contributed by atoms with Gasteiger partial charge in [0.2, 0.25) is 5.91 Å². The fourth-order valence-electron chi connectivity index (χ4n) is 0.713. The average molecular weight is 199 g/mol. The highest BCUT2D eigenvalue weighted by molar-refractivity contribution is 5.87. The summed E-state index contributed by atoms with van der Waals surface area (Å²) in [5.74, 6) is -1.38. The number of carbonyl (C=O) groups is 3. The molecule has 0 aromatic carbocycles. The molecular weight excluding hydrogens is 190 g/mol. The lowest BCUT2D eigenvalue weighted by Crippen LogP contribution is -2.42. The second-order valence-electron chi connectivity index (χ2n) is 2.44. The second-order valence-corrected chi connectivity index (χ2v) is 2.44. The molecule has 3 N–H and O–H groups in total. The molecule has 0 bridgehead atoms. The van der Waals surface area contributed by atoms with E-state index in [1.165, 1.54) is 0 Å². The van der Waals surface area contributed by atoms with Crippen molar-refractivity contribution < 1.29 is 24.6 Å². The molecule has 0 aromatic heterocycles. The van der Waals surface area contributed by atoms with Crippen molar-refractivity contribution in [2.45, 2.75) is 18.9 Å². The number of carbonyl (C=O) groups excluding carboxylic acids is 1. The predicted molar refractivity (Wildman–Crippen MR) is 45.3 cm³/mol. The van der Waals surface area contributed by atoms with Crippen LogP contribution in [0.4, 0.5) is 0 Å². The first kappa shape index (κ1) is 12.0. The lowest BCUT2D eigenvalue weighted by Gasteiger charge is -2.10. The quantitative estimate of drug-likeness (QED) is 0.495. The summed E-state index contributed by atoms with van der Waals surface area (Å²) in [7, 11) is 0. The Labute approximate surface area is 79.9 Å². The van der Waals surface area contributed by atoms with E-state index in [9.17, 15) is 14.4 Å². The molecule has 0 saturated heterocycles. The lowest BCUT2D eigenvalue weighted by atomic mass is 10.2. The molecule has 0 aromatic rings. The Bertz CT molecular complexity index is 291. The fourth-order valence-corrected chi connectivity index (χ4v) is 0.713. The summed E-state index contributed by atoms with van der Waals surface area (Å²) in [4.78, 5) is 31.5. The van der Waals surface area contributed by atoms with Crippen LogP contribution >= 0.6 is 0 Å². The maximum atomic E-state index is 10.8. The standard InChI is InChI=1S/C8H9NO5/c1-2-3-6(10)9-5(8(13)14)4-7(11)12/h1,5H,3-4H2,(H,9,10)(H,11,12)(H,13,14)/t5-/m0/s1. The van der Waals surface area contributed by atoms with Crippen LogP contribution in [0.5, 0.6) is 0 Å². The van der Waals surface area contributed by atoms with Gasteiger partial charge in [-0.25, -0.2) is 4.79 Å². The summed E-state index contributed by atoms with van der Waals surface area (Å²) < 4.78 is 0. The van der Waals surface area contributed by atoms with Crippen molar-refractivity contribution in [3.8, 4) is 12.3 Å². The second kappa shape index (κ2) is 5.59. The van der Waals surface area contributed by atoms with Gasteiger partial charge in [-0.05, 0) is 0 Å². The molecule has 6 nitrogen and oxygen atoms in total. The molecule has 0 radical (unpaired) electrons. The summed E-state index contributed by atoms with van der Waals surface area (Å²) in [5.41, 5.74) is 0. The van der Waals surface area contributed by atoms with Crippen molar-refractivity contribution in [2.24, 2.45) is 0 Å². The zero-order chi connectivity index (χ0) is 11.1. The van der Waals surface area contributed by atoms with Crippen LogP contribution in [-0.2, 0) is 14.4 Å². The molecule has 0 saturated carbocycles. The predicted octanol–water partition coefficient (Wildman–Crippen LogP) is -0.946. The molecule has 76 valence electrons. The molecule has 1 amide bonds. The number of aliphatic carboxylic acids is 2. The minimum Gasteiger partial charge on any atom is -0.481 e. The van der Waals surface area contributed by atoms with Gasteiger partial charge in [-0.15, -0.1) is 6.42 Å². The summed E-state index contributed by atoms with van der Waals surface area (Å²) in [6, 6.07) is -1.44. The van der Waals surface area contributed by atoms with Crippen molar-refractivity contribution in [1.29, 1.82) is 0 Å². The first-order valence-electron chi connectivity index (χ1n) is 3.64. The average Bonchev–Trinajstić information content (AvgIpc) is 2.02. The van der Waals surface area contributed by atoms with Gasteiger partial charge in [0.1, 0.15) is 6.04 Å². The topological polar surface area (TPSA) is 104 Å². The molecule has 1 atom stereocenters. The molecule has 14 heavy (non-hydrogen) atoms. The zero-order valence-electron chi connectivity index (χ0n) is 7.19. The van der Waals surface area contributed by atoms with E-state index in [0.717, 1.165) is 0 Å². The van der Waals surface area contributed by atoms with Gasteiger partial charge in [-0.2, -0.15) is 0 Å². The number of nitrogens with one attached hydrogen (secondary N) is 1. The van der Waals surface area contributed by atoms with Crippen molar-refractivity contribution in [3.63, 3.8) is 0 Å². The normalized spacial score (nSPS) is 11.1.